The fourth-order valence-electron chi connectivity index (χ4n) is 1.66. The van der Waals surface area contributed by atoms with Crippen molar-refractivity contribution in [2.24, 2.45) is 0 Å². The number of hydrogen-bond donors (Lipinski definition) is 1. The van der Waals surface area contributed by atoms with Gasteiger partial charge in [-0.1, -0.05) is 5.16 Å². The van der Waals surface area contributed by atoms with Crippen LogP contribution >= 0.6 is 0 Å². The van der Waals surface area contributed by atoms with Gasteiger partial charge in [-0.15, -0.1) is 0 Å². The molecule has 2 aromatic rings. The third-order valence-electron chi connectivity index (χ3n) is 2.61. The first-order valence-electron chi connectivity index (χ1n) is 5.82. The van der Waals surface area contributed by atoms with Gasteiger partial charge in [0.05, 0.1) is 30.6 Å². The first-order valence-corrected chi connectivity index (χ1v) is 5.82. The molecule has 2 aromatic heterocycles. The summed E-state index contributed by atoms with van der Waals surface area (Å²) in [6.45, 7) is 4.11. The Kier molecular flexibility index (Phi) is 3.79. The molecule has 0 aromatic carbocycles. The van der Waals surface area contributed by atoms with Crippen molar-refractivity contribution in [3.63, 3.8) is 0 Å². The molecule has 0 fully saturated rings. The standard InChI is InChI=1S/C13H15N3O3/c1-8-6-10(19-16-8)7-14-12-5-4-11(9(2)15-12)13(17)18-3/h4-6H,7H2,1-3H3,(H,14,15). The minimum atomic E-state index is -0.387. The molecular formula is C13H15N3O3. The zero-order valence-electron chi connectivity index (χ0n) is 11.1. The molecule has 0 radical (unpaired) electrons. The Labute approximate surface area is 110 Å². The van der Waals surface area contributed by atoms with Gasteiger partial charge in [0, 0.05) is 6.07 Å². The molecule has 0 saturated heterocycles. The first kappa shape index (κ1) is 13.1. The van der Waals surface area contributed by atoms with E-state index in [4.69, 9.17) is 4.52 Å². The molecular weight excluding hydrogens is 246 g/mol. The van der Waals surface area contributed by atoms with E-state index in [1.54, 1.807) is 19.1 Å². The van der Waals surface area contributed by atoms with E-state index in [-0.39, 0.29) is 5.97 Å². The second kappa shape index (κ2) is 5.51. The Morgan fingerprint density at radius 1 is 1.42 bits per heavy atom. The van der Waals surface area contributed by atoms with Crippen LogP contribution in [-0.2, 0) is 11.3 Å². The van der Waals surface area contributed by atoms with Crippen molar-refractivity contribution >= 4 is 11.8 Å². The first-order chi connectivity index (χ1) is 9.10. The van der Waals surface area contributed by atoms with Gasteiger partial charge in [0.25, 0.3) is 0 Å². The summed E-state index contributed by atoms with van der Waals surface area (Å²) < 4.78 is 9.75. The maximum absolute atomic E-state index is 11.4. The van der Waals surface area contributed by atoms with E-state index in [2.05, 4.69) is 20.2 Å². The number of pyridine rings is 1. The molecule has 1 N–H and O–H groups in total. The molecule has 2 rings (SSSR count). The van der Waals surface area contributed by atoms with Crippen molar-refractivity contribution in [1.82, 2.24) is 10.1 Å². The largest absolute Gasteiger partial charge is 0.465 e. The van der Waals surface area contributed by atoms with Crippen LogP contribution in [0.25, 0.3) is 0 Å². The highest BCUT2D eigenvalue weighted by atomic mass is 16.5. The van der Waals surface area contributed by atoms with Crippen molar-refractivity contribution in [2.45, 2.75) is 20.4 Å². The lowest BCUT2D eigenvalue weighted by atomic mass is 10.2. The number of carbonyl (C=O) groups is 1. The Bertz CT molecular complexity index is 593. The SMILES string of the molecule is COC(=O)c1ccc(NCc2cc(C)no2)nc1C. The van der Waals surface area contributed by atoms with Crippen molar-refractivity contribution in [3.8, 4) is 0 Å². The van der Waals surface area contributed by atoms with Crippen molar-refractivity contribution < 1.29 is 14.1 Å². The molecule has 100 valence electrons. The third-order valence-corrected chi connectivity index (χ3v) is 2.61. The van der Waals surface area contributed by atoms with Gasteiger partial charge >= 0.3 is 5.97 Å². The van der Waals surface area contributed by atoms with E-state index in [1.165, 1.54) is 7.11 Å². The lowest BCUT2D eigenvalue weighted by Crippen LogP contribution is -2.07. The average Bonchev–Trinajstić information content (AvgIpc) is 2.81. The molecule has 0 saturated carbocycles. The van der Waals surface area contributed by atoms with Crippen LogP contribution in [0.2, 0.25) is 0 Å². The third kappa shape index (κ3) is 3.09. The van der Waals surface area contributed by atoms with Gasteiger partial charge in [-0.25, -0.2) is 9.78 Å². The molecule has 0 amide bonds. The predicted molar refractivity (Wildman–Crippen MR) is 68.9 cm³/mol. The van der Waals surface area contributed by atoms with E-state index >= 15 is 0 Å². The fourth-order valence-corrected chi connectivity index (χ4v) is 1.66. The smallest absolute Gasteiger partial charge is 0.339 e. The second-order valence-corrected chi connectivity index (χ2v) is 4.11. The van der Waals surface area contributed by atoms with Gasteiger partial charge < -0.3 is 14.6 Å². The van der Waals surface area contributed by atoms with Crippen molar-refractivity contribution in [2.75, 3.05) is 12.4 Å². The number of methoxy groups -OCH3 is 1. The van der Waals surface area contributed by atoms with Crippen LogP contribution in [0.1, 0.15) is 27.5 Å². The summed E-state index contributed by atoms with van der Waals surface area (Å²) in [7, 11) is 1.35. The van der Waals surface area contributed by atoms with Crippen LogP contribution < -0.4 is 5.32 Å². The number of esters is 1. The molecule has 6 nitrogen and oxygen atoms in total. The summed E-state index contributed by atoms with van der Waals surface area (Å²) in [4.78, 5) is 15.7. The van der Waals surface area contributed by atoms with Gasteiger partial charge in [-0.05, 0) is 26.0 Å². The number of hydrogen-bond acceptors (Lipinski definition) is 6. The summed E-state index contributed by atoms with van der Waals surface area (Å²) in [6.07, 6.45) is 0. The van der Waals surface area contributed by atoms with Crippen LogP contribution in [0.4, 0.5) is 5.82 Å². The topological polar surface area (TPSA) is 77.2 Å². The number of rotatable bonds is 4. The number of nitrogens with zero attached hydrogens (tertiary/aromatic N) is 2. The Morgan fingerprint density at radius 2 is 2.21 bits per heavy atom. The van der Waals surface area contributed by atoms with E-state index in [0.717, 1.165) is 11.5 Å². The van der Waals surface area contributed by atoms with E-state index in [0.29, 0.717) is 23.6 Å². The van der Waals surface area contributed by atoms with Crippen LogP contribution in [0.3, 0.4) is 0 Å². The highest BCUT2D eigenvalue weighted by molar-refractivity contribution is 5.90. The highest BCUT2D eigenvalue weighted by Crippen LogP contribution is 2.13. The number of carbonyl (C=O) groups excluding carboxylic acids is 1. The minimum Gasteiger partial charge on any atom is -0.465 e. The number of nitrogens with one attached hydrogen (secondary N) is 1. The van der Waals surface area contributed by atoms with Gasteiger partial charge in [0.15, 0.2) is 5.76 Å². The molecule has 0 aliphatic carbocycles. The molecule has 0 atom stereocenters. The minimum absolute atomic E-state index is 0.387. The summed E-state index contributed by atoms with van der Waals surface area (Å²) >= 11 is 0. The number of anilines is 1. The maximum atomic E-state index is 11.4. The number of ether oxygens (including phenoxy) is 1. The summed E-state index contributed by atoms with van der Waals surface area (Å²) in [5, 5.41) is 6.90. The van der Waals surface area contributed by atoms with Crippen LogP contribution in [0, 0.1) is 13.8 Å². The van der Waals surface area contributed by atoms with Crippen LogP contribution in [0.5, 0.6) is 0 Å². The normalized spacial score (nSPS) is 10.3. The van der Waals surface area contributed by atoms with Crippen LogP contribution in [0.15, 0.2) is 22.7 Å². The molecule has 6 heteroatoms. The van der Waals surface area contributed by atoms with Gasteiger partial charge in [0.2, 0.25) is 0 Å². The summed E-state index contributed by atoms with van der Waals surface area (Å²) in [5.41, 5.74) is 1.91. The molecule has 0 aliphatic heterocycles. The molecule has 0 spiro atoms. The maximum Gasteiger partial charge on any atom is 0.339 e. The van der Waals surface area contributed by atoms with E-state index < -0.39 is 0 Å². The van der Waals surface area contributed by atoms with Crippen molar-refractivity contribution in [1.29, 1.82) is 0 Å². The second-order valence-electron chi connectivity index (χ2n) is 4.11. The lowest BCUT2D eigenvalue weighted by Gasteiger charge is -2.07. The number of aryl methyl sites for hydroxylation is 2. The Hall–Kier alpha value is -2.37. The molecule has 19 heavy (non-hydrogen) atoms. The molecule has 0 unspecified atom stereocenters. The van der Waals surface area contributed by atoms with Gasteiger partial charge in [-0.3, -0.25) is 0 Å². The predicted octanol–water partition coefficient (Wildman–Crippen LogP) is 2.09. The van der Waals surface area contributed by atoms with Gasteiger partial charge in [-0.2, -0.15) is 0 Å². The van der Waals surface area contributed by atoms with E-state index in [1.807, 2.05) is 13.0 Å². The zero-order valence-corrected chi connectivity index (χ0v) is 11.1. The lowest BCUT2D eigenvalue weighted by molar-refractivity contribution is 0.0599. The van der Waals surface area contributed by atoms with Gasteiger partial charge in [0.1, 0.15) is 5.82 Å². The molecule has 2 heterocycles. The zero-order chi connectivity index (χ0) is 13.8. The fraction of sp³-hybridized carbons (Fsp3) is 0.308. The average molecular weight is 261 g/mol. The van der Waals surface area contributed by atoms with E-state index in [9.17, 15) is 4.79 Å². The number of aromatic nitrogens is 2. The highest BCUT2D eigenvalue weighted by Gasteiger charge is 2.10. The quantitative estimate of drug-likeness (QED) is 0.849. The van der Waals surface area contributed by atoms with Crippen molar-refractivity contribution in [3.05, 3.63) is 40.9 Å². The Balaban J connectivity index is 2.06. The monoisotopic (exact) mass is 261 g/mol. The molecule has 0 bridgehead atoms. The van der Waals surface area contributed by atoms with Crippen LogP contribution in [-0.4, -0.2) is 23.2 Å². The summed E-state index contributed by atoms with van der Waals surface area (Å²) in [6, 6.07) is 5.26. The Morgan fingerprint density at radius 3 is 2.79 bits per heavy atom. The summed E-state index contributed by atoms with van der Waals surface area (Å²) in [5.74, 6) is 1.01. The molecule has 0 aliphatic rings.